The number of ether oxygens (including phenoxy) is 2. The van der Waals surface area contributed by atoms with E-state index in [1.807, 2.05) is 38.1 Å². The Morgan fingerprint density at radius 2 is 1.62 bits per heavy atom. The molecule has 2 aromatic carbocycles. The Morgan fingerprint density at radius 1 is 0.931 bits per heavy atom. The normalized spacial score (nSPS) is 10.6. The summed E-state index contributed by atoms with van der Waals surface area (Å²) in [7, 11) is 0. The molecule has 0 aliphatic carbocycles. The smallest absolute Gasteiger partial charge is 0.338 e. The number of hydrogen-bond donors (Lipinski definition) is 1. The van der Waals surface area contributed by atoms with Crippen LogP contribution in [0.1, 0.15) is 46.7 Å². The van der Waals surface area contributed by atoms with Crippen molar-refractivity contribution >= 4 is 34.2 Å². The maximum atomic E-state index is 12.1. The number of nitrogens with one attached hydrogen (secondary N) is 1. The highest BCUT2D eigenvalue weighted by molar-refractivity contribution is 6.00. The van der Waals surface area contributed by atoms with Crippen LogP contribution in [0.25, 0.3) is 10.9 Å². The number of carbonyl (C=O) groups excluding carboxylic acids is 2. The van der Waals surface area contributed by atoms with E-state index in [2.05, 4.69) is 10.3 Å². The lowest BCUT2D eigenvalue weighted by atomic mass is 10.1. The highest BCUT2D eigenvalue weighted by Gasteiger charge is 2.12. The maximum absolute atomic E-state index is 12.1. The summed E-state index contributed by atoms with van der Waals surface area (Å²) in [6, 6.07) is 14.3. The Hall–Kier alpha value is -3.41. The van der Waals surface area contributed by atoms with Gasteiger partial charge in [-0.25, -0.2) is 9.59 Å². The molecule has 0 saturated heterocycles. The van der Waals surface area contributed by atoms with Crippen LogP contribution in [-0.4, -0.2) is 30.1 Å². The fourth-order valence-corrected chi connectivity index (χ4v) is 2.93. The lowest BCUT2D eigenvalue weighted by molar-refractivity contribution is 0.0501. The van der Waals surface area contributed by atoms with Crippen molar-refractivity contribution in [2.45, 2.75) is 27.2 Å². The molecular weight excluding hydrogens is 368 g/mol. The van der Waals surface area contributed by atoms with Gasteiger partial charge in [-0.1, -0.05) is 6.92 Å². The molecule has 1 N–H and O–H groups in total. The van der Waals surface area contributed by atoms with E-state index in [1.165, 1.54) is 0 Å². The average Bonchev–Trinajstić information content (AvgIpc) is 2.72. The number of benzene rings is 2. The molecule has 29 heavy (non-hydrogen) atoms. The van der Waals surface area contributed by atoms with Gasteiger partial charge in [0, 0.05) is 22.5 Å². The zero-order valence-electron chi connectivity index (χ0n) is 16.8. The van der Waals surface area contributed by atoms with Gasteiger partial charge in [0.15, 0.2) is 0 Å². The molecule has 0 amide bonds. The van der Waals surface area contributed by atoms with E-state index in [0.717, 1.165) is 34.4 Å². The van der Waals surface area contributed by atoms with Crippen molar-refractivity contribution in [1.82, 2.24) is 4.98 Å². The van der Waals surface area contributed by atoms with Crippen LogP contribution in [0.4, 0.5) is 11.4 Å². The number of carbonyl (C=O) groups is 2. The van der Waals surface area contributed by atoms with Crippen molar-refractivity contribution in [3.8, 4) is 0 Å². The summed E-state index contributed by atoms with van der Waals surface area (Å²) in [6.07, 6.45) is 0.785. The summed E-state index contributed by atoms with van der Waals surface area (Å²) in [4.78, 5) is 28.6. The second kappa shape index (κ2) is 9.19. The first kappa shape index (κ1) is 20.3. The van der Waals surface area contributed by atoms with Crippen molar-refractivity contribution in [2.24, 2.45) is 0 Å². The maximum Gasteiger partial charge on any atom is 0.338 e. The van der Waals surface area contributed by atoms with Gasteiger partial charge in [0.1, 0.15) is 0 Å². The number of nitrogens with zero attached hydrogens (tertiary/aromatic N) is 1. The molecule has 0 aliphatic heterocycles. The lowest BCUT2D eigenvalue weighted by Gasteiger charge is -2.12. The Kier molecular flexibility index (Phi) is 6.44. The van der Waals surface area contributed by atoms with Gasteiger partial charge in [0.05, 0.1) is 29.9 Å². The van der Waals surface area contributed by atoms with E-state index in [4.69, 9.17) is 9.47 Å². The van der Waals surface area contributed by atoms with Crippen LogP contribution in [0.3, 0.4) is 0 Å². The molecular formula is C23H24N2O4. The Labute approximate surface area is 169 Å². The predicted molar refractivity (Wildman–Crippen MR) is 113 cm³/mol. The number of esters is 2. The second-order valence-corrected chi connectivity index (χ2v) is 6.60. The summed E-state index contributed by atoms with van der Waals surface area (Å²) < 4.78 is 10.3. The molecule has 0 aliphatic rings. The van der Waals surface area contributed by atoms with Crippen LogP contribution < -0.4 is 5.32 Å². The predicted octanol–water partition coefficient (Wildman–Crippen LogP) is 5.03. The fourth-order valence-electron chi connectivity index (χ4n) is 2.93. The van der Waals surface area contributed by atoms with Crippen LogP contribution in [0.5, 0.6) is 0 Å². The lowest BCUT2D eigenvalue weighted by Crippen LogP contribution is -2.06. The fraction of sp³-hybridized carbons (Fsp3) is 0.261. The van der Waals surface area contributed by atoms with Crippen molar-refractivity contribution in [2.75, 3.05) is 18.5 Å². The van der Waals surface area contributed by atoms with Crippen molar-refractivity contribution in [1.29, 1.82) is 0 Å². The van der Waals surface area contributed by atoms with E-state index >= 15 is 0 Å². The quantitative estimate of drug-likeness (QED) is 0.568. The van der Waals surface area contributed by atoms with Gasteiger partial charge < -0.3 is 14.8 Å². The molecule has 0 spiro atoms. The molecule has 3 aromatic rings. The van der Waals surface area contributed by atoms with E-state index < -0.39 is 0 Å². The Morgan fingerprint density at radius 3 is 2.31 bits per heavy atom. The molecule has 3 rings (SSSR count). The molecule has 1 aromatic heterocycles. The number of rotatable bonds is 7. The topological polar surface area (TPSA) is 77.5 Å². The van der Waals surface area contributed by atoms with E-state index in [0.29, 0.717) is 24.3 Å². The van der Waals surface area contributed by atoms with Crippen LogP contribution in [-0.2, 0) is 9.47 Å². The SMILES string of the molecule is CCCOC(=O)c1ccc(Nc2cc(C)nc3ccc(C(=O)OCC)cc23)cc1. The van der Waals surface area contributed by atoms with Crippen molar-refractivity contribution < 1.29 is 19.1 Å². The number of pyridine rings is 1. The summed E-state index contributed by atoms with van der Waals surface area (Å²) in [5.41, 5.74) is 4.24. The molecule has 0 saturated carbocycles. The third-order valence-electron chi connectivity index (χ3n) is 4.28. The van der Waals surface area contributed by atoms with E-state index in [1.54, 1.807) is 31.2 Å². The van der Waals surface area contributed by atoms with Crippen molar-refractivity contribution in [3.05, 3.63) is 65.4 Å². The van der Waals surface area contributed by atoms with Gasteiger partial charge in [-0.15, -0.1) is 0 Å². The third-order valence-corrected chi connectivity index (χ3v) is 4.28. The minimum atomic E-state index is -0.365. The molecule has 0 fully saturated rings. The summed E-state index contributed by atoms with van der Waals surface area (Å²) in [5, 5.41) is 4.16. The number of hydrogen-bond acceptors (Lipinski definition) is 6. The number of aromatic nitrogens is 1. The van der Waals surface area contributed by atoms with Gasteiger partial charge >= 0.3 is 11.9 Å². The summed E-state index contributed by atoms with van der Waals surface area (Å²) >= 11 is 0. The Bertz CT molecular complexity index is 1030. The van der Waals surface area contributed by atoms with Crippen LogP contribution in [0.15, 0.2) is 48.5 Å². The number of fused-ring (bicyclic) bond motifs is 1. The standard InChI is InChI=1S/C23H24N2O4/c1-4-12-29-22(26)16-6-9-18(10-7-16)25-21-13-15(3)24-20-11-8-17(14-19(20)21)23(27)28-5-2/h6-11,13-14H,4-5,12H2,1-3H3,(H,24,25). The minimum Gasteiger partial charge on any atom is -0.462 e. The molecule has 0 atom stereocenters. The zero-order chi connectivity index (χ0) is 20.8. The molecule has 150 valence electrons. The monoisotopic (exact) mass is 392 g/mol. The minimum absolute atomic E-state index is 0.321. The highest BCUT2D eigenvalue weighted by Crippen LogP contribution is 2.28. The molecule has 6 heteroatoms. The van der Waals surface area contributed by atoms with E-state index in [-0.39, 0.29) is 11.9 Å². The number of aryl methyl sites for hydroxylation is 1. The van der Waals surface area contributed by atoms with Crippen LogP contribution >= 0.6 is 0 Å². The van der Waals surface area contributed by atoms with Crippen LogP contribution in [0, 0.1) is 6.92 Å². The van der Waals surface area contributed by atoms with E-state index in [9.17, 15) is 9.59 Å². The first-order valence-electron chi connectivity index (χ1n) is 9.64. The number of anilines is 2. The molecule has 1 heterocycles. The van der Waals surface area contributed by atoms with Crippen molar-refractivity contribution in [3.63, 3.8) is 0 Å². The second-order valence-electron chi connectivity index (χ2n) is 6.60. The molecule has 0 radical (unpaired) electrons. The largest absolute Gasteiger partial charge is 0.462 e. The van der Waals surface area contributed by atoms with Gasteiger partial charge in [-0.3, -0.25) is 4.98 Å². The zero-order valence-corrected chi connectivity index (χ0v) is 16.8. The summed E-state index contributed by atoms with van der Waals surface area (Å²) in [5.74, 6) is -0.696. The van der Waals surface area contributed by atoms with Gasteiger partial charge in [-0.2, -0.15) is 0 Å². The highest BCUT2D eigenvalue weighted by atomic mass is 16.5. The third kappa shape index (κ3) is 4.90. The first-order chi connectivity index (χ1) is 14.0. The first-order valence-corrected chi connectivity index (χ1v) is 9.64. The molecule has 0 bridgehead atoms. The van der Waals surface area contributed by atoms with Gasteiger partial charge in [0.25, 0.3) is 0 Å². The van der Waals surface area contributed by atoms with Crippen LogP contribution in [0.2, 0.25) is 0 Å². The van der Waals surface area contributed by atoms with Gasteiger partial charge in [-0.05, 0) is 68.8 Å². The Balaban J connectivity index is 1.89. The molecule has 0 unspecified atom stereocenters. The summed E-state index contributed by atoms with van der Waals surface area (Å²) in [6.45, 7) is 6.37. The molecule has 6 nitrogen and oxygen atoms in total. The van der Waals surface area contributed by atoms with Gasteiger partial charge in [0.2, 0.25) is 0 Å². The average molecular weight is 392 g/mol.